The second-order valence-corrected chi connectivity index (χ2v) is 6.00. The molecule has 7 heteroatoms. The zero-order valence-electron chi connectivity index (χ0n) is 12.9. The molecule has 0 saturated heterocycles. The van der Waals surface area contributed by atoms with Crippen LogP contribution in [-0.4, -0.2) is 98.3 Å². The maximum Gasteiger partial charge on any atom is 0.175 e. The summed E-state index contributed by atoms with van der Waals surface area (Å²) in [7, 11) is 12.1. The summed E-state index contributed by atoms with van der Waals surface area (Å²) < 4.78 is 0. The van der Waals surface area contributed by atoms with Crippen molar-refractivity contribution in [2.24, 2.45) is 0 Å². The van der Waals surface area contributed by atoms with Gasteiger partial charge >= 0.3 is 0 Å². The van der Waals surface area contributed by atoms with E-state index in [0.29, 0.717) is 10.2 Å². The van der Waals surface area contributed by atoms with Gasteiger partial charge in [0.25, 0.3) is 0 Å². The summed E-state index contributed by atoms with van der Waals surface area (Å²) in [6.07, 6.45) is 0. The fourth-order valence-corrected chi connectivity index (χ4v) is 1.68. The molecule has 112 valence electrons. The third-order valence-corrected chi connectivity index (χ3v) is 3.37. The van der Waals surface area contributed by atoms with E-state index in [-0.39, 0.29) is 0 Å². The summed E-state index contributed by atoms with van der Waals surface area (Å²) in [6.45, 7) is 3.71. The van der Waals surface area contributed by atoms with E-state index in [9.17, 15) is 0 Å². The van der Waals surface area contributed by atoms with Crippen LogP contribution in [0.3, 0.4) is 0 Å². The maximum atomic E-state index is 5.44. The Morgan fingerprint density at radius 3 is 1.47 bits per heavy atom. The van der Waals surface area contributed by atoms with Crippen molar-refractivity contribution in [2.75, 3.05) is 68.5 Å². The molecular weight excluding hydrogens is 278 g/mol. The Morgan fingerprint density at radius 2 is 1.16 bits per heavy atom. The largest absolute Gasteiger partial charge is 0.355 e. The molecule has 0 aliphatic carbocycles. The third-order valence-electron chi connectivity index (χ3n) is 2.54. The van der Waals surface area contributed by atoms with Crippen molar-refractivity contribution < 1.29 is 0 Å². The minimum atomic E-state index is 0.643. The second kappa shape index (κ2) is 9.41. The van der Waals surface area contributed by atoms with Gasteiger partial charge in [-0.15, -0.1) is 0 Å². The molecule has 0 aliphatic rings. The van der Waals surface area contributed by atoms with E-state index in [0.717, 1.165) is 26.2 Å². The monoisotopic (exact) mass is 305 g/mol. The Labute approximate surface area is 128 Å². The van der Waals surface area contributed by atoms with Crippen LogP contribution in [0.5, 0.6) is 0 Å². The van der Waals surface area contributed by atoms with Crippen LogP contribution in [-0.2, 0) is 0 Å². The minimum absolute atomic E-state index is 0.643. The Kier molecular flexibility index (Phi) is 9.16. The van der Waals surface area contributed by atoms with E-state index in [2.05, 4.69) is 48.2 Å². The van der Waals surface area contributed by atoms with Crippen LogP contribution >= 0.6 is 24.4 Å². The Morgan fingerprint density at radius 1 is 0.737 bits per heavy atom. The maximum absolute atomic E-state index is 5.44. The first kappa shape index (κ1) is 18.5. The number of hydrogen-bond donors (Lipinski definition) is 1. The average molecular weight is 306 g/mol. The lowest BCUT2D eigenvalue weighted by Crippen LogP contribution is -2.49. The molecule has 0 aromatic rings. The van der Waals surface area contributed by atoms with E-state index >= 15 is 0 Å². The van der Waals surface area contributed by atoms with Crippen molar-refractivity contribution in [3.63, 3.8) is 0 Å². The van der Waals surface area contributed by atoms with Crippen molar-refractivity contribution in [3.8, 4) is 0 Å². The second-order valence-electron chi connectivity index (χ2n) is 5.22. The van der Waals surface area contributed by atoms with Gasteiger partial charge in [0.1, 0.15) is 0 Å². The van der Waals surface area contributed by atoms with Crippen LogP contribution in [0.15, 0.2) is 0 Å². The smallest absolute Gasteiger partial charge is 0.175 e. The number of nitrogens with one attached hydrogen (secondary N) is 1. The van der Waals surface area contributed by atoms with Gasteiger partial charge in [0, 0.05) is 40.3 Å². The number of hydrogen-bond acceptors (Lipinski definition) is 4. The predicted molar refractivity (Wildman–Crippen MR) is 90.7 cm³/mol. The van der Waals surface area contributed by atoms with Gasteiger partial charge in [-0.05, 0) is 52.6 Å². The van der Waals surface area contributed by atoms with Crippen molar-refractivity contribution in [2.45, 2.75) is 0 Å². The van der Waals surface area contributed by atoms with Gasteiger partial charge in [-0.2, -0.15) is 0 Å². The number of thiocarbonyl (C=S) groups is 2. The lowest BCUT2D eigenvalue weighted by atomic mass is 10.4. The van der Waals surface area contributed by atoms with Gasteiger partial charge in [0.05, 0.1) is 0 Å². The van der Waals surface area contributed by atoms with Crippen LogP contribution in [0, 0.1) is 0 Å². The van der Waals surface area contributed by atoms with Crippen molar-refractivity contribution >= 4 is 34.7 Å². The Hall–Kier alpha value is -0.500. The number of nitrogens with zero attached hydrogens (tertiary/aromatic N) is 4. The third kappa shape index (κ3) is 9.10. The lowest BCUT2D eigenvalue weighted by Gasteiger charge is -2.29. The quantitative estimate of drug-likeness (QED) is 0.697. The van der Waals surface area contributed by atoms with Crippen LogP contribution < -0.4 is 5.32 Å². The molecule has 5 nitrogen and oxygen atoms in total. The SMILES string of the molecule is CN(C)CCN(CCN(C)C)C(=S)NC(=S)N(C)C. The normalized spacial score (nSPS) is 10.7. The van der Waals surface area contributed by atoms with Gasteiger partial charge in [0.2, 0.25) is 0 Å². The Bertz CT molecular complexity index is 280. The first-order valence-electron chi connectivity index (χ1n) is 6.30. The summed E-state index contributed by atoms with van der Waals surface area (Å²) >= 11 is 10.7. The highest BCUT2D eigenvalue weighted by Gasteiger charge is 2.12. The molecule has 0 aliphatic heterocycles. The van der Waals surface area contributed by atoms with Gasteiger partial charge in [-0.1, -0.05) is 0 Å². The molecule has 0 spiro atoms. The lowest BCUT2D eigenvalue weighted by molar-refractivity contribution is 0.295. The van der Waals surface area contributed by atoms with Gasteiger partial charge in [-0.25, -0.2) is 0 Å². The van der Waals surface area contributed by atoms with E-state index in [1.807, 2.05) is 19.0 Å². The standard InChI is InChI=1S/C12H27N5S2/c1-14(2)7-9-17(10-8-15(3)4)12(19)13-11(18)16(5)6/h7-10H2,1-6H3,(H,13,18,19). The summed E-state index contributed by atoms with van der Waals surface area (Å²) in [5, 5.41) is 4.44. The molecule has 0 fully saturated rings. The fourth-order valence-electron chi connectivity index (χ4n) is 1.24. The molecule has 1 N–H and O–H groups in total. The minimum Gasteiger partial charge on any atom is -0.355 e. The van der Waals surface area contributed by atoms with Gasteiger partial charge in [0.15, 0.2) is 10.2 Å². The number of likely N-dealkylation sites (N-methyl/N-ethyl adjacent to an activating group) is 2. The highest BCUT2D eigenvalue weighted by atomic mass is 32.1. The molecule has 0 unspecified atom stereocenters. The average Bonchev–Trinajstić information content (AvgIpc) is 2.27. The van der Waals surface area contributed by atoms with Crippen LogP contribution in [0.2, 0.25) is 0 Å². The van der Waals surface area contributed by atoms with Crippen molar-refractivity contribution in [1.82, 2.24) is 24.9 Å². The predicted octanol–water partition coefficient (Wildman–Crippen LogP) is 0.133. The highest BCUT2D eigenvalue weighted by molar-refractivity contribution is 7.81. The molecule has 0 radical (unpaired) electrons. The molecule has 0 rings (SSSR count). The highest BCUT2D eigenvalue weighted by Crippen LogP contribution is 1.94. The zero-order chi connectivity index (χ0) is 15.0. The molecule has 0 amide bonds. The van der Waals surface area contributed by atoms with Crippen LogP contribution in [0.25, 0.3) is 0 Å². The van der Waals surface area contributed by atoms with Gasteiger partial charge in [-0.3, -0.25) is 0 Å². The molecule has 0 heterocycles. The first-order valence-corrected chi connectivity index (χ1v) is 7.12. The van der Waals surface area contributed by atoms with E-state index in [4.69, 9.17) is 24.4 Å². The fraction of sp³-hybridized carbons (Fsp3) is 0.833. The summed E-state index contributed by atoms with van der Waals surface area (Å²) in [5.74, 6) is 0. The molecule has 0 bridgehead atoms. The first-order chi connectivity index (χ1) is 8.73. The van der Waals surface area contributed by atoms with E-state index < -0.39 is 0 Å². The van der Waals surface area contributed by atoms with Crippen LogP contribution in [0.4, 0.5) is 0 Å². The molecule has 19 heavy (non-hydrogen) atoms. The topological polar surface area (TPSA) is 25.0 Å². The molecule has 0 atom stereocenters. The van der Waals surface area contributed by atoms with Gasteiger partial charge < -0.3 is 24.9 Å². The zero-order valence-corrected chi connectivity index (χ0v) is 14.6. The molecule has 0 aromatic heterocycles. The molecule has 0 aromatic carbocycles. The molecular formula is C12H27N5S2. The summed E-state index contributed by atoms with van der Waals surface area (Å²) in [6, 6.07) is 0. The van der Waals surface area contributed by atoms with Crippen molar-refractivity contribution in [1.29, 1.82) is 0 Å². The summed E-state index contributed by atoms with van der Waals surface area (Å²) in [4.78, 5) is 8.30. The molecule has 0 saturated carbocycles. The van der Waals surface area contributed by atoms with E-state index in [1.54, 1.807) is 0 Å². The number of rotatable bonds is 6. The van der Waals surface area contributed by atoms with Crippen molar-refractivity contribution in [3.05, 3.63) is 0 Å². The Balaban J connectivity index is 4.44. The van der Waals surface area contributed by atoms with Crippen LogP contribution in [0.1, 0.15) is 0 Å². The van der Waals surface area contributed by atoms with E-state index in [1.165, 1.54) is 0 Å². The summed E-state index contributed by atoms with van der Waals surface area (Å²) in [5.41, 5.74) is 0.